The van der Waals surface area contributed by atoms with E-state index in [0.717, 1.165) is 48.1 Å². The minimum Gasteiger partial charge on any atom is -0.466 e. The van der Waals surface area contributed by atoms with E-state index in [2.05, 4.69) is 29.9 Å². The molecule has 1 fully saturated rings. The van der Waals surface area contributed by atoms with E-state index in [1.54, 1.807) is 17.5 Å². The van der Waals surface area contributed by atoms with Gasteiger partial charge in [-0.15, -0.1) is 11.3 Å². The van der Waals surface area contributed by atoms with Crippen LogP contribution >= 0.6 is 11.3 Å². The van der Waals surface area contributed by atoms with Crippen LogP contribution < -0.4 is 21.5 Å². The lowest BCUT2D eigenvalue weighted by Gasteiger charge is -2.31. The zero-order valence-electron chi connectivity index (χ0n) is 19.3. The SMILES string of the molecule is Nc1cc(C(=O)NCC2CCN(Cc3cnc(-c4ccccn4)s3)CC2)nc(OCC(F)(F)F)c1N. The number of hydrogen-bond donors (Lipinski definition) is 3. The second-order valence-corrected chi connectivity index (χ2v) is 9.61. The van der Waals surface area contributed by atoms with Crippen LogP contribution in [-0.2, 0) is 6.54 Å². The molecule has 0 atom stereocenters. The number of likely N-dealkylation sites (tertiary alicyclic amines) is 1. The Morgan fingerprint density at radius 3 is 2.69 bits per heavy atom. The Bertz CT molecular complexity index is 1180. The molecule has 1 aliphatic rings. The van der Waals surface area contributed by atoms with E-state index in [1.165, 1.54) is 6.07 Å². The number of rotatable bonds is 8. The van der Waals surface area contributed by atoms with Crippen molar-refractivity contribution in [2.75, 3.05) is 37.7 Å². The predicted octanol–water partition coefficient (Wildman–Crippen LogP) is 3.35. The van der Waals surface area contributed by atoms with E-state index < -0.39 is 24.6 Å². The number of nitrogens with two attached hydrogens (primary N) is 2. The number of thiazole rings is 1. The molecule has 0 spiro atoms. The second-order valence-electron chi connectivity index (χ2n) is 8.50. The molecular formula is C23H26F3N7O2S. The lowest BCUT2D eigenvalue weighted by molar-refractivity contribution is -0.153. The summed E-state index contributed by atoms with van der Waals surface area (Å²) in [4.78, 5) is 28.7. The lowest BCUT2D eigenvalue weighted by Crippen LogP contribution is -2.38. The number of alkyl halides is 3. The summed E-state index contributed by atoms with van der Waals surface area (Å²) in [7, 11) is 0. The third-order valence-electron chi connectivity index (χ3n) is 5.74. The number of ether oxygens (including phenoxy) is 1. The number of piperidine rings is 1. The van der Waals surface area contributed by atoms with Crippen molar-refractivity contribution >= 4 is 28.6 Å². The summed E-state index contributed by atoms with van der Waals surface area (Å²) in [6, 6.07) is 6.97. The fraction of sp³-hybridized carbons (Fsp3) is 0.391. The zero-order chi connectivity index (χ0) is 25.7. The van der Waals surface area contributed by atoms with Crippen LogP contribution in [0.3, 0.4) is 0 Å². The van der Waals surface area contributed by atoms with Gasteiger partial charge in [0.25, 0.3) is 5.91 Å². The van der Waals surface area contributed by atoms with Gasteiger partial charge in [-0.1, -0.05) is 6.07 Å². The van der Waals surface area contributed by atoms with E-state index in [4.69, 9.17) is 11.5 Å². The lowest BCUT2D eigenvalue weighted by atomic mass is 9.96. The molecular weight excluding hydrogens is 495 g/mol. The van der Waals surface area contributed by atoms with Crippen molar-refractivity contribution in [3.63, 3.8) is 0 Å². The Kier molecular flexibility index (Phi) is 7.89. The molecule has 4 heterocycles. The van der Waals surface area contributed by atoms with Crippen LogP contribution in [0.15, 0.2) is 36.7 Å². The normalized spacial score (nSPS) is 15.1. The number of nitrogens with one attached hydrogen (secondary N) is 1. The smallest absolute Gasteiger partial charge is 0.422 e. The molecule has 0 saturated carbocycles. The van der Waals surface area contributed by atoms with Crippen LogP contribution in [0.2, 0.25) is 0 Å². The van der Waals surface area contributed by atoms with Crippen molar-refractivity contribution in [1.29, 1.82) is 0 Å². The first kappa shape index (κ1) is 25.6. The van der Waals surface area contributed by atoms with Crippen LogP contribution in [0.4, 0.5) is 24.5 Å². The molecule has 1 saturated heterocycles. The molecule has 0 aliphatic carbocycles. The number of nitrogens with zero attached hydrogens (tertiary/aromatic N) is 4. The Morgan fingerprint density at radius 2 is 2.00 bits per heavy atom. The highest BCUT2D eigenvalue weighted by Gasteiger charge is 2.30. The molecule has 1 aliphatic heterocycles. The first-order valence-corrected chi connectivity index (χ1v) is 12.1. The highest BCUT2D eigenvalue weighted by Crippen LogP contribution is 2.29. The number of aromatic nitrogens is 3. The number of hydrogen-bond acceptors (Lipinski definition) is 9. The van der Waals surface area contributed by atoms with Gasteiger partial charge in [0.2, 0.25) is 5.88 Å². The molecule has 0 aromatic carbocycles. The summed E-state index contributed by atoms with van der Waals surface area (Å²) in [6.45, 7) is 1.39. The Balaban J connectivity index is 1.25. The summed E-state index contributed by atoms with van der Waals surface area (Å²) in [5.74, 6) is -0.796. The van der Waals surface area contributed by atoms with Crippen molar-refractivity contribution in [3.05, 3.63) is 47.2 Å². The molecule has 9 nitrogen and oxygen atoms in total. The zero-order valence-corrected chi connectivity index (χ0v) is 20.1. The van der Waals surface area contributed by atoms with E-state index in [-0.39, 0.29) is 23.0 Å². The van der Waals surface area contributed by atoms with Crippen molar-refractivity contribution in [2.45, 2.75) is 25.6 Å². The molecule has 3 aromatic rings. The third kappa shape index (κ3) is 6.82. The number of carbonyl (C=O) groups excluding carboxylic acids is 1. The monoisotopic (exact) mass is 521 g/mol. The summed E-state index contributed by atoms with van der Waals surface area (Å²) in [6.07, 6.45) is 0.849. The van der Waals surface area contributed by atoms with Gasteiger partial charge >= 0.3 is 6.18 Å². The third-order valence-corrected chi connectivity index (χ3v) is 6.74. The highest BCUT2D eigenvalue weighted by atomic mass is 32.1. The van der Waals surface area contributed by atoms with Gasteiger partial charge in [-0.25, -0.2) is 9.97 Å². The van der Waals surface area contributed by atoms with Crippen molar-refractivity contribution in [1.82, 2.24) is 25.2 Å². The minimum atomic E-state index is -4.57. The molecule has 3 aromatic heterocycles. The summed E-state index contributed by atoms with van der Waals surface area (Å²) >= 11 is 1.63. The number of halogens is 3. The predicted molar refractivity (Wildman–Crippen MR) is 130 cm³/mol. The minimum absolute atomic E-state index is 0.0742. The first-order valence-electron chi connectivity index (χ1n) is 11.3. The molecule has 0 unspecified atom stereocenters. The number of amides is 1. The van der Waals surface area contributed by atoms with Gasteiger partial charge in [0.05, 0.1) is 11.4 Å². The topological polar surface area (TPSA) is 132 Å². The summed E-state index contributed by atoms with van der Waals surface area (Å²) in [5, 5.41) is 3.69. The van der Waals surface area contributed by atoms with E-state index >= 15 is 0 Å². The van der Waals surface area contributed by atoms with Gasteiger partial charge in [0.1, 0.15) is 16.4 Å². The quantitative estimate of drug-likeness (QED) is 0.411. The maximum Gasteiger partial charge on any atom is 0.422 e. The van der Waals surface area contributed by atoms with Crippen molar-refractivity contribution < 1.29 is 22.7 Å². The molecule has 13 heteroatoms. The van der Waals surface area contributed by atoms with Gasteiger partial charge in [0, 0.05) is 30.4 Å². The standard InChI is InChI=1S/C23H26F3N7O2S/c24-23(25,26)13-35-21-19(28)16(27)9-18(32-21)20(34)30-10-14-4-7-33(8-5-14)12-15-11-31-22(36-15)17-3-1-2-6-29-17/h1-3,6,9,11,14H,4-5,7-8,10,12-13,28H2,(H2,27,32)(H,30,34). The molecule has 1 amide bonds. The summed E-state index contributed by atoms with van der Waals surface area (Å²) < 4.78 is 42.0. The van der Waals surface area contributed by atoms with Crippen molar-refractivity contribution in [2.24, 2.45) is 5.92 Å². The number of nitrogen functional groups attached to an aromatic ring is 2. The van der Waals surface area contributed by atoms with Crippen molar-refractivity contribution in [3.8, 4) is 16.6 Å². The van der Waals surface area contributed by atoms with Gasteiger partial charge in [-0.2, -0.15) is 13.2 Å². The Hall–Kier alpha value is -3.45. The van der Waals surface area contributed by atoms with Gasteiger partial charge in [-0.05, 0) is 50.0 Å². The van der Waals surface area contributed by atoms with E-state index in [9.17, 15) is 18.0 Å². The average molecular weight is 522 g/mol. The Labute approximate surface area is 209 Å². The molecule has 0 bridgehead atoms. The number of pyridine rings is 2. The van der Waals surface area contributed by atoms with Crippen LogP contribution in [0.1, 0.15) is 28.2 Å². The molecule has 192 valence electrons. The maximum atomic E-state index is 12.6. The largest absolute Gasteiger partial charge is 0.466 e. The number of carbonyl (C=O) groups is 1. The fourth-order valence-corrected chi connectivity index (χ4v) is 4.74. The van der Waals surface area contributed by atoms with E-state index in [1.807, 2.05) is 24.4 Å². The van der Waals surface area contributed by atoms with Crippen LogP contribution in [-0.4, -0.2) is 58.2 Å². The van der Waals surface area contributed by atoms with Gasteiger partial charge in [-0.3, -0.25) is 14.7 Å². The van der Waals surface area contributed by atoms with Gasteiger partial charge < -0.3 is 21.5 Å². The fourth-order valence-electron chi connectivity index (χ4n) is 3.81. The van der Waals surface area contributed by atoms with Crippen LogP contribution in [0, 0.1) is 5.92 Å². The molecule has 4 rings (SSSR count). The second kappa shape index (κ2) is 11.1. The summed E-state index contributed by atoms with van der Waals surface area (Å²) in [5.41, 5.74) is 11.8. The highest BCUT2D eigenvalue weighted by molar-refractivity contribution is 7.14. The first-order chi connectivity index (χ1) is 17.2. The molecule has 5 N–H and O–H groups in total. The average Bonchev–Trinajstić information content (AvgIpc) is 3.32. The Morgan fingerprint density at radius 1 is 1.22 bits per heavy atom. The van der Waals surface area contributed by atoms with Crippen LogP contribution in [0.25, 0.3) is 10.7 Å². The maximum absolute atomic E-state index is 12.6. The van der Waals surface area contributed by atoms with Gasteiger partial charge in [0.15, 0.2) is 6.61 Å². The van der Waals surface area contributed by atoms with E-state index in [0.29, 0.717) is 6.54 Å². The molecule has 36 heavy (non-hydrogen) atoms. The molecule has 0 radical (unpaired) electrons. The number of anilines is 2. The van der Waals surface area contributed by atoms with Crippen LogP contribution in [0.5, 0.6) is 5.88 Å².